The van der Waals surface area contributed by atoms with Gasteiger partial charge in [0.2, 0.25) is 10.0 Å². The van der Waals surface area contributed by atoms with Crippen molar-refractivity contribution in [3.05, 3.63) is 27.7 Å². The average molecular weight is 339 g/mol. The summed E-state index contributed by atoms with van der Waals surface area (Å²) in [4.78, 5) is 0.0135. The number of hydrogen-bond donors (Lipinski definition) is 2. The summed E-state index contributed by atoms with van der Waals surface area (Å²) < 4.78 is 27.3. The van der Waals surface area contributed by atoms with Crippen molar-refractivity contribution in [2.45, 2.75) is 44.7 Å². The topological polar surface area (TPSA) is 72.2 Å². The van der Waals surface area contributed by atoms with E-state index in [1.807, 2.05) is 20.8 Å². The largest absolute Gasteiger partial charge is 0.326 e. The molecule has 0 aliphatic heterocycles. The van der Waals surface area contributed by atoms with Crippen molar-refractivity contribution in [1.82, 2.24) is 4.72 Å². The summed E-state index contributed by atoms with van der Waals surface area (Å²) in [5.74, 6) is 0.396. The Morgan fingerprint density at radius 3 is 2.35 bits per heavy atom. The van der Waals surface area contributed by atoms with Gasteiger partial charge in [-0.3, -0.25) is 0 Å². The summed E-state index contributed by atoms with van der Waals surface area (Å²) in [5, 5.41) is 0.455. The first kappa shape index (κ1) is 17.7. The van der Waals surface area contributed by atoms with Gasteiger partial charge in [-0.15, -0.1) is 0 Å². The Bertz CT molecular complexity index is 574. The Morgan fingerprint density at radius 2 is 1.85 bits per heavy atom. The number of hydrogen-bond acceptors (Lipinski definition) is 3. The lowest BCUT2D eigenvalue weighted by molar-refractivity contribution is 0.482. The monoisotopic (exact) mass is 338 g/mol. The first-order valence-electron chi connectivity index (χ1n) is 6.38. The second-order valence-corrected chi connectivity index (χ2v) is 7.66. The molecular weight excluding hydrogens is 319 g/mol. The standard InChI is InChI=1S/C13H20Cl2N2O2S/c1-8(2)6-9(3)17-20(18,19)12-5-4-11(14)10(7-16)13(12)15/h4-5,8-9,17H,6-7,16H2,1-3H3. The summed E-state index contributed by atoms with van der Waals surface area (Å²) in [6.07, 6.45) is 0.744. The van der Waals surface area contributed by atoms with Gasteiger partial charge in [0.25, 0.3) is 0 Å². The molecule has 0 saturated carbocycles. The van der Waals surface area contributed by atoms with E-state index in [0.29, 0.717) is 16.5 Å². The van der Waals surface area contributed by atoms with Gasteiger partial charge in [0.1, 0.15) is 4.90 Å². The zero-order chi connectivity index (χ0) is 15.5. The van der Waals surface area contributed by atoms with E-state index in [-0.39, 0.29) is 22.5 Å². The lowest BCUT2D eigenvalue weighted by Gasteiger charge is -2.17. The molecule has 0 heterocycles. The molecule has 1 aromatic carbocycles. The highest BCUT2D eigenvalue weighted by atomic mass is 35.5. The van der Waals surface area contributed by atoms with Gasteiger partial charge in [0.15, 0.2) is 0 Å². The zero-order valence-electron chi connectivity index (χ0n) is 11.8. The predicted octanol–water partition coefficient (Wildman–Crippen LogP) is 3.17. The van der Waals surface area contributed by atoms with Crippen LogP contribution in [-0.2, 0) is 16.6 Å². The Kier molecular flexibility index (Phi) is 6.28. The maximum atomic E-state index is 12.3. The summed E-state index contributed by atoms with van der Waals surface area (Å²) >= 11 is 12.1. The molecule has 1 unspecified atom stereocenters. The van der Waals surface area contributed by atoms with Crippen LogP contribution in [0.4, 0.5) is 0 Å². The lowest BCUT2D eigenvalue weighted by Crippen LogP contribution is -2.33. The summed E-state index contributed by atoms with van der Waals surface area (Å²) in [6.45, 7) is 5.98. The molecule has 0 aromatic heterocycles. The van der Waals surface area contributed by atoms with E-state index in [2.05, 4.69) is 4.72 Å². The second-order valence-electron chi connectivity index (χ2n) is 5.19. The van der Waals surface area contributed by atoms with Gasteiger partial charge in [-0.25, -0.2) is 13.1 Å². The number of rotatable bonds is 6. The SMILES string of the molecule is CC(C)CC(C)NS(=O)(=O)c1ccc(Cl)c(CN)c1Cl. The third-order valence-corrected chi connectivity index (χ3v) is 5.36. The molecule has 7 heteroatoms. The molecule has 0 bridgehead atoms. The van der Waals surface area contributed by atoms with Crippen LogP contribution in [0.25, 0.3) is 0 Å². The third kappa shape index (κ3) is 4.33. The molecule has 0 amide bonds. The van der Waals surface area contributed by atoms with Crippen LogP contribution in [0.3, 0.4) is 0 Å². The van der Waals surface area contributed by atoms with Gasteiger partial charge in [-0.1, -0.05) is 37.0 Å². The van der Waals surface area contributed by atoms with Gasteiger partial charge >= 0.3 is 0 Å². The van der Waals surface area contributed by atoms with Crippen LogP contribution in [0, 0.1) is 5.92 Å². The minimum atomic E-state index is -3.68. The van der Waals surface area contributed by atoms with E-state index in [9.17, 15) is 8.42 Å². The van der Waals surface area contributed by atoms with Crippen molar-refractivity contribution in [2.24, 2.45) is 11.7 Å². The molecular formula is C13H20Cl2N2O2S. The van der Waals surface area contributed by atoms with Crippen molar-refractivity contribution in [2.75, 3.05) is 0 Å². The first-order valence-corrected chi connectivity index (χ1v) is 8.62. The van der Waals surface area contributed by atoms with E-state index in [1.54, 1.807) is 0 Å². The van der Waals surface area contributed by atoms with Crippen LogP contribution in [0.1, 0.15) is 32.8 Å². The molecule has 114 valence electrons. The summed E-state index contributed by atoms with van der Waals surface area (Å²) in [5.41, 5.74) is 5.98. The molecule has 1 rings (SSSR count). The third-order valence-electron chi connectivity index (χ3n) is 2.83. The van der Waals surface area contributed by atoms with Crippen molar-refractivity contribution in [1.29, 1.82) is 0 Å². The minimum Gasteiger partial charge on any atom is -0.326 e. The fourth-order valence-corrected chi connectivity index (χ4v) is 4.24. The van der Waals surface area contributed by atoms with Crippen LogP contribution in [0.5, 0.6) is 0 Å². The Labute approximate surface area is 130 Å². The Balaban J connectivity index is 3.10. The van der Waals surface area contributed by atoms with Gasteiger partial charge in [-0.05, 0) is 31.4 Å². The van der Waals surface area contributed by atoms with Crippen LogP contribution in [0.2, 0.25) is 10.0 Å². The minimum absolute atomic E-state index is 0.0135. The quantitative estimate of drug-likeness (QED) is 0.836. The van der Waals surface area contributed by atoms with E-state index in [1.165, 1.54) is 12.1 Å². The van der Waals surface area contributed by atoms with Crippen molar-refractivity contribution >= 4 is 33.2 Å². The predicted molar refractivity (Wildman–Crippen MR) is 83.6 cm³/mol. The molecule has 1 aromatic rings. The fraction of sp³-hybridized carbons (Fsp3) is 0.538. The number of nitrogens with two attached hydrogens (primary N) is 1. The molecule has 1 atom stereocenters. The van der Waals surface area contributed by atoms with Crippen LogP contribution in [-0.4, -0.2) is 14.5 Å². The highest BCUT2D eigenvalue weighted by molar-refractivity contribution is 7.89. The van der Waals surface area contributed by atoms with E-state index >= 15 is 0 Å². The average Bonchev–Trinajstić information content (AvgIpc) is 2.26. The molecule has 0 spiro atoms. The second kappa shape index (κ2) is 7.09. The molecule has 4 nitrogen and oxygen atoms in total. The summed E-state index contributed by atoms with van der Waals surface area (Å²) in [7, 11) is -3.68. The smallest absolute Gasteiger partial charge is 0.242 e. The van der Waals surface area contributed by atoms with Gasteiger partial charge in [-0.2, -0.15) is 0 Å². The normalized spacial score (nSPS) is 13.8. The van der Waals surface area contributed by atoms with E-state index < -0.39 is 10.0 Å². The molecule has 20 heavy (non-hydrogen) atoms. The van der Waals surface area contributed by atoms with Crippen molar-refractivity contribution < 1.29 is 8.42 Å². The number of nitrogens with one attached hydrogen (secondary N) is 1. The first-order chi connectivity index (χ1) is 9.19. The van der Waals surface area contributed by atoms with E-state index in [4.69, 9.17) is 28.9 Å². The molecule has 0 saturated heterocycles. The van der Waals surface area contributed by atoms with Crippen LogP contribution >= 0.6 is 23.2 Å². The molecule has 0 radical (unpaired) electrons. The maximum absolute atomic E-state index is 12.3. The molecule has 0 aliphatic rings. The highest BCUT2D eigenvalue weighted by Crippen LogP contribution is 2.30. The van der Waals surface area contributed by atoms with Crippen molar-refractivity contribution in [3.63, 3.8) is 0 Å². The van der Waals surface area contributed by atoms with E-state index in [0.717, 1.165) is 6.42 Å². The van der Waals surface area contributed by atoms with Crippen LogP contribution in [0.15, 0.2) is 17.0 Å². The fourth-order valence-electron chi connectivity index (χ4n) is 2.05. The van der Waals surface area contributed by atoms with Gasteiger partial charge in [0, 0.05) is 23.2 Å². The molecule has 0 fully saturated rings. The number of benzene rings is 1. The highest BCUT2D eigenvalue weighted by Gasteiger charge is 2.23. The van der Waals surface area contributed by atoms with Crippen LogP contribution < -0.4 is 10.5 Å². The van der Waals surface area contributed by atoms with Gasteiger partial charge < -0.3 is 5.73 Å². The number of halogens is 2. The summed E-state index contributed by atoms with van der Waals surface area (Å²) in [6, 6.07) is 2.72. The Morgan fingerprint density at radius 1 is 1.25 bits per heavy atom. The van der Waals surface area contributed by atoms with Crippen molar-refractivity contribution in [3.8, 4) is 0 Å². The molecule has 0 aliphatic carbocycles. The zero-order valence-corrected chi connectivity index (χ0v) is 14.1. The Hall–Kier alpha value is -0.330. The number of sulfonamides is 1. The molecule has 3 N–H and O–H groups in total. The maximum Gasteiger partial charge on any atom is 0.242 e. The van der Waals surface area contributed by atoms with Gasteiger partial charge in [0.05, 0.1) is 5.02 Å². The lowest BCUT2D eigenvalue weighted by atomic mass is 10.1.